The molecule has 26 heavy (non-hydrogen) atoms. The van der Waals surface area contributed by atoms with Crippen molar-refractivity contribution in [2.45, 2.75) is 6.42 Å². The second-order valence-corrected chi connectivity index (χ2v) is 5.97. The van der Waals surface area contributed by atoms with E-state index in [1.807, 2.05) is 42.5 Å². The minimum atomic E-state index is -0.272. The number of rotatable bonds is 3. The molecule has 3 aromatic rings. The maximum absolute atomic E-state index is 12.6. The molecule has 1 aromatic heterocycles. The lowest BCUT2D eigenvalue weighted by Gasteiger charge is -2.21. The Morgan fingerprint density at radius 3 is 2.92 bits per heavy atom. The van der Waals surface area contributed by atoms with Crippen LogP contribution in [0.25, 0.3) is 10.9 Å². The number of anilines is 2. The Morgan fingerprint density at radius 1 is 1.12 bits per heavy atom. The van der Waals surface area contributed by atoms with Crippen molar-refractivity contribution in [3.05, 3.63) is 60.8 Å². The Balaban J connectivity index is 1.59. The van der Waals surface area contributed by atoms with Crippen molar-refractivity contribution in [3.8, 4) is 5.75 Å². The van der Waals surface area contributed by atoms with E-state index in [9.17, 15) is 9.59 Å². The summed E-state index contributed by atoms with van der Waals surface area (Å²) >= 11 is 0. The van der Waals surface area contributed by atoms with Crippen molar-refractivity contribution in [3.63, 3.8) is 0 Å². The molecule has 0 bridgehead atoms. The molecule has 0 saturated carbocycles. The van der Waals surface area contributed by atoms with Crippen LogP contribution in [0.3, 0.4) is 0 Å². The maximum Gasteiger partial charge on any atom is 0.244 e. The van der Waals surface area contributed by atoms with Crippen LogP contribution in [0.5, 0.6) is 5.75 Å². The third-order valence-electron chi connectivity index (χ3n) is 4.25. The normalized spacial score (nSPS) is 13.7. The fraction of sp³-hybridized carbons (Fsp3) is 0.150. The molecular formula is C20H17N3O3. The van der Waals surface area contributed by atoms with E-state index in [0.29, 0.717) is 23.7 Å². The van der Waals surface area contributed by atoms with E-state index in [0.717, 1.165) is 10.9 Å². The van der Waals surface area contributed by atoms with Gasteiger partial charge in [-0.25, -0.2) is 0 Å². The molecule has 1 aliphatic rings. The zero-order chi connectivity index (χ0) is 17.9. The van der Waals surface area contributed by atoms with Crippen LogP contribution in [-0.2, 0) is 9.59 Å². The van der Waals surface area contributed by atoms with Gasteiger partial charge in [-0.15, -0.1) is 0 Å². The third kappa shape index (κ3) is 3.09. The number of nitrogens with one attached hydrogen (secondary N) is 1. The molecule has 0 spiro atoms. The van der Waals surface area contributed by atoms with Crippen LogP contribution >= 0.6 is 0 Å². The van der Waals surface area contributed by atoms with Crippen molar-refractivity contribution in [1.29, 1.82) is 0 Å². The van der Waals surface area contributed by atoms with Crippen molar-refractivity contribution in [2.75, 3.05) is 23.4 Å². The smallest absolute Gasteiger partial charge is 0.244 e. The van der Waals surface area contributed by atoms with Crippen molar-refractivity contribution >= 4 is 34.1 Å². The van der Waals surface area contributed by atoms with E-state index in [2.05, 4.69) is 10.3 Å². The summed E-state index contributed by atoms with van der Waals surface area (Å²) in [6.07, 6.45) is 1.95. The van der Waals surface area contributed by atoms with Crippen LogP contribution in [0.4, 0.5) is 11.4 Å². The highest BCUT2D eigenvalue weighted by atomic mass is 16.5. The number of aromatic nitrogens is 1. The number of amides is 2. The van der Waals surface area contributed by atoms with E-state index >= 15 is 0 Å². The molecule has 2 amide bonds. The van der Waals surface area contributed by atoms with Gasteiger partial charge in [-0.1, -0.05) is 18.2 Å². The van der Waals surface area contributed by atoms with Crippen molar-refractivity contribution in [2.24, 2.45) is 0 Å². The fourth-order valence-corrected chi connectivity index (χ4v) is 3.04. The Hall–Kier alpha value is -3.41. The molecule has 130 valence electrons. The molecular weight excluding hydrogens is 330 g/mol. The molecule has 0 saturated heterocycles. The summed E-state index contributed by atoms with van der Waals surface area (Å²) in [4.78, 5) is 30.8. The van der Waals surface area contributed by atoms with E-state index in [1.165, 1.54) is 4.90 Å². The summed E-state index contributed by atoms with van der Waals surface area (Å²) < 4.78 is 5.60. The number of carbonyl (C=O) groups is 2. The Kier molecular flexibility index (Phi) is 4.23. The molecule has 6 nitrogen and oxygen atoms in total. The lowest BCUT2D eigenvalue weighted by atomic mass is 10.2. The van der Waals surface area contributed by atoms with Crippen LogP contribution in [0.15, 0.2) is 60.8 Å². The van der Waals surface area contributed by atoms with Gasteiger partial charge in [-0.2, -0.15) is 0 Å². The summed E-state index contributed by atoms with van der Waals surface area (Å²) in [6.45, 7) is 0.235. The zero-order valence-electron chi connectivity index (χ0n) is 14.0. The van der Waals surface area contributed by atoms with Crippen LogP contribution < -0.4 is 15.0 Å². The number of hydrogen-bond donors (Lipinski definition) is 1. The molecule has 0 radical (unpaired) electrons. The lowest BCUT2D eigenvalue weighted by molar-refractivity contribution is -0.121. The third-order valence-corrected chi connectivity index (χ3v) is 4.25. The van der Waals surface area contributed by atoms with Gasteiger partial charge in [-0.3, -0.25) is 19.5 Å². The second kappa shape index (κ2) is 6.84. The summed E-state index contributed by atoms with van der Waals surface area (Å²) in [6, 6.07) is 16.5. The zero-order valence-corrected chi connectivity index (χ0v) is 14.0. The van der Waals surface area contributed by atoms with Crippen molar-refractivity contribution in [1.82, 2.24) is 4.98 Å². The number of fused-ring (bicyclic) bond motifs is 2. The quantitative estimate of drug-likeness (QED) is 0.791. The predicted molar refractivity (Wildman–Crippen MR) is 99.3 cm³/mol. The van der Waals surface area contributed by atoms with E-state index in [1.54, 1.807) is 18.3 Å². The number of hydrogen-bond acceptors (Lipinski definition) is 4. The Bertz CT molecular complexity index is 981. The number of carbonyl (C=O) groups excluding carboxylic acids is 2. The Labute approximate surface area is 150 Å². The predicted octanol–water partition coefficient (Wildman–Crippen LogP) is 2.99. The van der Waals surface area contributed by atoms with Gasteiger partial charge in [0.25, 0.3) is 0 Å². The highest BCUT2D eigenvalue weighted by molar-refractivity contribution is 6.06. The van der Waals surface area contributed by atoms with Crippen LogP contribution in [-0.4, -0.2) is 29.9 Å². The minimum absolute atomic E-state index is 0.0736. The maximum atomic E-state index is 12.6. The topological polar surface area (TPSA) is 71.5 Å². The first-order valence-corrected chi connectivity index (χ1v) is 8.38. The molecule has 6 heteroatoms. The molecule has 4 rings (SSSR count). The van der Waals surface area contributed by atoms with E-state index in [4.69, 9.17) is 4.74 Å². The van der Waals surface area contributed by atoms with Gasteiger partial charge in [-0.05, 0) is 36.4 Å². The monoisotopic (exact) mass is 347 g/mol. The number of benzene rings is 2. The van der Waals surface area contributed by atoms with Crippen molar-refractivity contribution < 1.29 is 14.3 Å². The lowest BCUT2D eigenvalue weighted by Crippen LogP contribution is -2.37. The molecule has 0 fully saturated rings. The van der Waals surface area contributed by atoms with Gasteiger partial charge < -0.3 is 10.1 Å². The van der Waals surface area contributed by atoms with Gasteiger partial charge in [0.15, 0.2) is 0 Å². The average molecular weight is 347 g/mol. The van der Waals surface area contributed by atoms with Crippen LogP contribution in [0, 0.1) is 0 Å². The second-order valence-electron chi connectivity index (χ2n) is 5.97. The highest BCUT2D eigenvalue weighted by Crippen LogP contribution is 2.31. The number of para-hydroxylation sites is 2. The SMILES string of the molecule is O=C(CN1C(=O)CCOc2ccccc21)Nc1cccc2ncccc12. The molecule has 2 aromatic carbocycles. The summed E-state index contributed by atoms with van der Waals surface area (Å²) in [5.41, 5.74) is 2.09. The summed E-state index contributed by atoms with van der Waals surface area (Å²) in [5.74, 6) is 0.205. The summed E-state index contributed by atoms with van der Waals surface area (Å²) in [7, 11) is 0. The van der Waals surface area contributed by atoms with Gasteiger partial charge in [0.2, 0.25) is 11.8 Å². The van der Waals surface area contributed by atoms with Gasteiger partial charge >= 0.3 is 0 Å². The minimum Gasteiger partial charge on any atom is -0.491 e. The standard InChI is InChI=1S/C20H17N3O3/c24-19(22-16-7-3-6-15-14(16)5-4-11-21-15)13-23-17-8-1-2-9-18(17)26-12-10-20(23)25/h1-9,11H,10,12-13H2,(H,22,24). The van der Waals surface area contributed by atoms with E-state index in [-0.39, 0.29) is 24.8 Å². The molecule has 2 heterocycles. The molecule has 0 aliphatic carbocycles. The van der Waals surface area contributed by atoms with Gasteiger partial charge in [0, 0.05) is 11.6 Å². The average Bonchev–Trinajstić information content (AvgIpc) is 2.81. The first-order valence-electron chi connectivity index (χ1n) is 8.38. The number of pyridine rings is 1. The fourth-order valence-electron chi connectivity index (χ4n) is 3.04. The summed E-state index contributed by atoms with van der Waals surface area (Å²) in [5, 5.41) is 3.75. The largest absolute Gasteiger partial charge is 0.491 e. The molecule has 0 atom stereocenters. The molecule has 1 aliphatic heterocycles. The molecule has 1 N–H and O–H groups in total. The number of nitrogens with zero attached hydrogens (tertiary/aromatic N) is 2. The Morgan fingerprint density at radius 2 is 2.00 bits per heavy atom. The molecule has 0 unspecified atom stereocenters. The van der Waals surface area contributed by atoms with Crippen LogP contribution in [0.1, 0.15) is 6.42 Å². The van der Waals surface area contributed by atoms with Crippen LogP contribution in [0.2, 0.25) is 0 Å². The highest BCUT2D eigenvalue weighted by Gasteiger charge is 2.25. The first-order chi connectivity index (χ1) is 12.7. The van der Waals surface area contributed by atoms with E-state index < -0.39 is 0 Å². The van der Waals surface area contributed by atoms with Gasteiger partial charge in [0.05, 0.1) is 29.9 Å². The van der Waals surface area contributed by atoms with Gasteiger partial charge in [0.1, 0.15) is 12.3 Å². The first kappa shape index (κ1) is 16.1. The number of ether oxygens (including phenoxy) is 1.